The molecule has 1 amide bonds. The molecule has 5 nitrogen and oxygen atoms in total. The summed E-state index contributed by atoms with van der Waals surface area (Å²) in [6.45, 7) is 8.78. The molecule has 0 bridgehead atoms. The molecule has 1 aliphatic rings. The SMILES string of the molecule is CC(C)(C)c1ccc(C(=O)Nc2cccc(CN3CCC(C(=O)O)CC3)c2)cc1. The van der Waals surface area contributed by atoms with Crippen LogP contribution in [0.25, 0.3) is 0 Å². The molecule has 29 heavy (non-hydrogen) atoms. The average molecular weight is 395 g/mol. The normalized spacial score (nSPS) is 15.8. The van der Waals surface area contributed by atoms with E-state index in [1.807, 2.05) is 48.5 Å². The lowest BCUT2D eigenvalue weighted by Crippen LogP contribution is -2.35. The fourth-order valence-corrected chi connectivity index (χ4v) is 3.67. The summed E-state index contributed by atoms with van der Waals surface area (Å²) in [6.07, 6.45) is 1.38. The van der Waals surface area contributed by atoms with E-state index in [0.717, 1.165) is 30.9 Å². The molecule has 1 aliphatic heterocycles. The summed E-state index contributed by atoms with van der Waals surface area (Å²) in [4.78, 5) is 26.0. The minimum atomic E-state index is -0.690. The van der Waals surface area contributed by atoms with Crippen molar-refractivity contribution >= 4 is 17.6 Å². The predicted octanol–water partition coefficient (Wildman–Crippen LogP) is 4.53. The first-order chi connectivity index (χ1) is 13.7. The van der Waals surface area contributed by atoms with Gasteiger partial charge in [-0.2, -0.15) is 0 Å². The molecule has 3 rings (SSSR count). The van der Waals surface area contributed by atoms with E-state index in [-0.39, 0.29) is 17.2 Å². The number of aliphatic carboxylic acids is 1. The number of carboxylic acid groups (broad SMARTS) is 1. The van der Waals surface area contributed by atoms with Gasteiger partial charge in [0.2, 0.25) is 0 Å². The highest BCUT2D eigenvalue weighted by Crippen LogP contribution is 2.23. The number of hydrogen-bond acceptors (Lipinski definition) is 3. The van der Waals surface area contributed by atoms with Crippen molar-refractivity contribution in [3.05, 3.63) is 65.2 Å². The van der Waals surface area contributed by atoms with Crippen LogP contribution in [-0.4, -0.2) is 35.0 Å². The molecule has 154 valence electrons. The zero-order valence-electron chi connectivity index (χ0n) is 17.4. The third-order valence-electron chi connectivity index (χ3n) is 5.54. The zero-order valence-corrected chi connectivity index (χ0v) is 17.4. The van der Waals surface area contributed by atoms with E-state index in [9.17, 15) is 9.59 Å². The van der Waals surface area contributed by atoms with Crippen molar-refractivity contribution in [2.45, 2.75) is 45.6 Å². The van der Waals surface area contributed by atoms with E-state index >= 15 is 0 Å². The number of piperidine rings is 1. The van der Waals surface area contributed by atoms with Gasteiger partial charge in [-0.05, 0) is 66.7 Å². The Bertz CT molecular complexity index is 860. The molecule has 0 radical (unpaired) electrons. The summed E-state index contributed by atoms with van der Waals surface area (Å²) in [5.74, 6) is -1.03. The van der Waals surface area contributed by atoms with Crippen molar-refractivity contribution in [2.24, 2.45) is 5.92 Å². The standard InChI is InChI=1S/C24H30N2O3/c1-24(2,3)20-9-7-18(8-10-20)22(27)25-21-6-4-5-17(15-21)16-26-13-11-19(12-14-26)23(28)29/h4-10,15,19H,11-14,16H2,1-3H3,(H,25,27)(H,28,29). The molecule has 0 aliphatic carbocycles. The quantitative estimate of drug-likeness (QED) is 0.782. The van der Waals surface area contributed by atoms with Crippen LogP contribution in [0, 0.1) is 5.92 Å². The van der Waals surface area contributed by atoms with Gasteiger partial charge < -0.3 is 10.4 Å². The molecule has 0 saturated carbocycles. The summed E-state index contributed by atoms with van der Waals surface area (Å²) in [6, 6.07) is 15.6. The first-order valence-electron chi connectivity index (χ1n) is 10.2. The van der Waals surface area contributed by atoms with Crippen LogP contribution in [-0.2, 0) is 16.8 Å². The molecular weight excluding hydrogens is 364 g/mol. The number of hydrogen-bond donors (Lipinski definition) is 2. The molecule has 2 aromatic carbocycles. The van der Waals surface area contributed by atoms with E-state index in [4.69, 9.17) is 5.11 Å². The van der Waals surface area contributed by atoms with Gasteiger partial charge in [-0.3, -0.25) is 14.5 Å². The van der Waals surface area contributed by atoms with Gasteiger partial charge in [-0.25, -0.2) is 0 Å². The molecule has 5 heteroatoms. The van der Waals surface area contributed by atoms with Crippen molar-refractivity contribution < 1.29 is 14.7 Å². The predicted molar refractivity (Wildman–Crippen MR) is 115 cm³/mol. The average Bonchev–Trinajstić information content (AvgIpc) is 2.68. The number of likely N-dealkylation sites (tertiary alicyclic amines) is 1. The highest BCUT2D eigenvalue weighted by Gasteiger charge is 2.24. The monoisotopic (exact) mass is 394 g/mol. The minimum absolute atomic E-state index is 0.0578. The number of amides is 1. The summed E-state index contributed by atoms with van der Waals surface area (Å²) < 4.78 is 0. The van der Waals surface area contributed by atoms with Gasteiger partial charge in [0.1, 0.15) is 0 Å². The Morgan fingerprint density at radius 2 is 1.72 bits per heavy atom. The van der Waals surface area contributed by atoms with Crippen molar-refractivity contribution in [1.82, 2.24) is 4.90 Å². The van der Waals surface area contributed by atoms with E-state index in [2.05, 4.69) is 31.0 Å². The van der Waals surface area contributed by atoms with Gasteiger partial charge in [-0.1, -0.05) is 45.0 Å². The lowest BCUT2D eigenvalue weighted by Gasteiger charge is -2.30. The van der Waals surface area contributed by atoms with E-state index in [1.54, 1.807) is 0 Å². The van der Waals surface area contributed by atoms with Gasteiger partial charge >= 0.3 is 5.97 Å². The van der Waals surface area contributed by atoms with Crippen LogP contribution in [0.2, 0.25) is 0 Å². The number of carbonyl (C=O) groups is 2. The summed E-state index contributed by atoms with van der Waals surface area (Å²) in [5, 5.41) is 12.1. The first-order valence-corrected chi connectivity index (χ1v) is 10.2. The Balaban J connectivity index is 1.59. The largest absolute Gasteiger partial charge is 0.481 e. The number of nitrogens with zero attached hydrogens (tertiary/aromatic N) is 1. The maximum atomic E-state index is 12.6. The van der Waals surface area contributed by atoms with Crippen LogP contribution in [0.3, 0.4) is 0 Å². The molecule has 0 spiro atoms. The lowest BCUT2D eigenvalue weighted by molar-refractivity contribution is -0.143. The molecule has 0 aromatic heterocycles. The summed E-state index contributed by atoms with van der Waals surface area (Å²) in [7, 11) is 0. The second-order valence-electron chi connectivity index (χ2n) is 8.87. The second kappa shape index (κ2) is 8.78. The van der Waals surface area contributed by atoms with Crippen LogP contribution in [0.5, 0.6) is 0 Å². The summed E-state index contributed by atoms with van der Waals surface area (Å²) >= 11 is 0. The second-order valence-corrected chi connectivity index (χ2v) is 8.87. The maximum absolute atomic E-state index is 12.6. The Morgan fingerprint density at radius 3 is 2.31 bits per heavy atom. The Hall–Kier alpha value is -2.66. The van der Waals surface area contributed by atoms with E-state index in [1.165, 1.54) is 5.56 Å². The Labute approximate surface area is 172 Å². The number of carbonyl (C=O) groups excluding carboxylic acids is 1. The molecule has 2 aromatic rings. The van der Waals surface area contributed by atoms with Gasteiger partial charge in [0.05, 0.1) is 5.92 Å². The van der Waals surface area contributed by atoms with Gasteiger partial charge in [0, 0.05) is 17.8 Å². The molecule has 1 saturated heterocycles. The third kappa shape index (κ3) is 5.67. The molecule has 0 atom stereocenters. The minimum Gasteiger partial charge on any atom is -0.481 e. The molecule has 0 unspecified atom stereocenters. The van der Waals surface area contributed by atoms with Crippen molar-refractivity contribution in [3.63, 3.8) is 0 Å². The Kier molecular flexibility index (Phi) is 6.38. The number of carboxylic acids is 1. The third-order valence-corrected chi connectivity index (χ3v) is 5.54. The molecular formula is C24H30N2O3. The number of benzene rings is 2. The Morgan fingerprint density at radius 1 is 1.07 bits per heavy atom. The number of anilines is 1. The number of rotatable bonds is 5. The van der Waals surface area contributed by atoms with Gasteiger partial charge in [-0.15, -0.1) is 0 Å². The van der Waals surface area contributed by atoms with E-state index in [0.29, 0.717) is 18.4 Å². The fraction of sp³-hybridized carbons (Fsp3) is 0.417. The van der Waals surface area contributed by atoms with Crippen LogP contribution >= 0.6 is 0 Å². The maximum Gasteiger partial charge on any atom is 0.306 e. The van der Waals surface area contributed by atoms with Crippen LogP contribution in [0.15, 0.2) is 48.5 Å². The highest BCUT2D eigenvalue weighted by atomic mass is 16.4. The van der Waals surface area contributed by atoms with Crippen LogP contribution in [0.4, 0.5) is 5.69 Å². The molecule has 2 N–H and O–H groups in total. The lowest BCUT2D eigenvalue weighted by atomic mass is 9.87. The topological polar surface area (TPSA) is 69.6 Å². The van der Waals surface area contributed by atoms with Crippen molar-refractivity contribution in [1.29, 1.82) is 0 Å². The number of nitrogens with one attached hydrogen (secondary N) is 1. The van der Waals surface area contributed by atoms with Crippen molar-refractivity contribution in [2.75, 3.05) is 18.4 Å². The summed E-state index contributed by atoms with van der Waals surface area (Å²) in [5.41, 5.74) is 3.77. The molecule has 1 fully saturated rings. The van der Waals surface area contributed by atoms with Gasteiger partial charge in [0.25, 0.3) is 5.91 Å². The van der Waals surface area contributed by atoms with Crippen LogP contribution in [0.1, 0.15) is 55.1 Å². The fourth-order valence-electron chi connectivity index (χ4n) is 3.67. The zero-order chi connectivity index (χ0) is 21.0. The van der Waals surface area contributed by atoms with Crippen molar-refractivity contribution in [3.8, 4) is 0 Å². The van der Waals surface area contributed by atoms with Crippen LogP contribution < -0.4 is 5.32 Å². The molecule has 1 heterocycles. The van der Waals surface area contributed by atoms with Gasteiger partial charge in [0.15, 0.2) is 0 Å². The van der Waals surface area contributed by atoms with E-state index < -0.39 is 5.97 Å². The highest BCUT2D eigenvalue weighted by molar-refractivity contribution is 6.04. The first kappa shape index (κ1) is 21.1. The smallest absolute Gasteiger partial charge is 0.306 e.